The molecule has 1 saturated carbocycles. The zero-order chi connectivity index (χ0) is 27.0. The number of benzene rings is 1. The predicted octanol–water partition coefficient (Wildman–Crippen LogP) is 5.54. The van der Waals surface area contributed by atoms with Crippen molar-refractivity contribution in [1.82, 2.24) is 25.1 Å². The minimum Gasteiger partial charge on any atom is -0.443 e. The van der Waals surface area contributed by atoms with Crippen LogP contribution in [0.25, 0.3) is 22.8 Å². The smallest absolute Gasteiger partial charge is 0.272 e. The van der Waals surface area contributed by atoms with Crippen LogP contribution in [0.1, 0.15) is 62.2 Å². The van der Waals surface area contributed by atoms with Crippen molar-refractivity contribution in [3.63, 3.8) is 0 Å². The van der Waals surface area contributed by atoms with Gasteiger partial charge in [-0.3, -0.25) is 4.98 Å². The highest BCUT2D eigenvalue weighted by molar-refractivity contribution is 5.64. The van der Waals surface area contributed by atoms with Crippen molar-refractivity contribution in [2.45, 2.75) is 57.0 Å². The molecule has 6 rings (SSSR count). The van der Waals surface area contributed by atoms with Crippen LogP contribution in [0, 0.1) is 17.0 Å². The van der Waals surface area contributed by atoms with Gasteiger partial charge in [0, 0.05) is 6.20 Å². The van der Waals surface area contributed by atoms with Crippen LogP contribution in [0.3, 0.4) is 0 Å². The van der Waals surface area contributed by atoms with E-state index < -0.39 is 34.5 Å². The van der Waals surface area contributed by atoms with Gasteiger partial charge in [0.1, 0.15) is 29.3 Å². The molecule has 2 aliphatic rings. The SMILES string of the molecule is CC1(C)[C@H]2CC[C@]1(c1cncc(-c3nc([C@@](C)(O)C(F)F)co3)n1)c1nnc(-c3c(F)cccc3F)cc12. The molecule has 1 N–H and O–H groups in total. The lowest BCUT2D eigenvalue weighted by Crippen LogP contribution is -2.38. The number of oxazole rings is 1. The summed E-state index contributed by atoms with van der Waals surface area (Å²) in [7, 11) is 0. The standard InChI is InChI=1S/C27H23F4N5O2/c1-25(2)14-7-8-27(25,22-13(14)9-17(35-36-22)21-15(28)5-4-6-16(21)29)19-11-32-10-18(33-19)23-34-20(12-38-23)26(3,37)24(30)31/h4-6,9-12,14,24,37H,7-8H2,1-3H3/t14-,26+,27-/m0/s1. The normalized spacial score (nSPS) is 23.0. The predicted molar refractivity (Wildman–Crippen MR) is 127 cm³/mol. The summed E-state index contributed by atoms with van der Waals surface area (Å²) in [6, 6.07) is 5.37. The monoisotopic (exact) mass is 525 g/mol. The third-order valence-electron chi connectivity index (χ3n) is 8.34. The van der Waals surface area contributed by atoms with Gasteiger partial charge in [0.2, 0.25) is 5.89 Å². The Bertz CT molecular complexity index is 1550. The largest absolute Gasteiger partial charge is 0.443 e. The molecule has 3 atom stereocenters. The van der Waals surface area contributed by atoms with Gasteiger partial charge >= 0.3 is 0 Å². The zero-order valence-corrected chi connectivity index (χ0v) is 20.7. The van der Waals surface area contributed by atoms with Crippen molar-refractivity contribution >= 4 is 0 Å². The molecule has 0 amide bonds. The first kappa shape index (κ1) is 24.6. The van der Waals surface area contributed by atoms with Crippen LogP contribution in [0.5, 0.6) is 0 Å². The molecule has 0 radical (unpaired) electrons. The number of hydrogen-bond donors (Lipinski definition) is 1. The average molecular weight is 526 g/mol. The fourth-order valence-electron chi connectivity index (χ4n) is 6.17. The molecule has 0 spiro atoms. The van der Waals surface area contributed by atoms with Gasteiger partial charge in [-0.1, -0.05) is 19.9 Å². The molecule has 1 aromatic carbocycles. The maximum atomic E-state index is 14.5. The molecule has 1 fully saturated rings. The molecule has 0 aliphatic heterocycles. The van der Waals surface area contributed by atoms with Gasteiger partial charge in [0.25, 0.3) is 6.43 Å². The summed E-state index contributed by atoms with van der Waals surface area (Å²) in [5.41, 5.74) is -1.72. The van der Waals surface area contributed by atoms with Crippen LogP contribution < -0.4 is 0 Å². The molecule has 2 aliphatic carbocycles. The van der Waals surface area contributed by atoms with Crippen LogP contribution in [-0.2, 0) is 11.0 Å². The van der Waals surface area contributed by atoms with E-state index >= 15 is 0 Å². The highest BCUT2D eigenvalue weighted by Gasteiger charge is 2.65. The number of fused-ring (bicyclic) bond motifs is 5. The molecule has 2 bridgehead atoms. The van der Waals surface area contributed by atoms with Crippen LogP contribution in [0.15, 0.2) is 47.3 Å². The summed E-state index contributed by atoms with van der Waals surface area (Å²) in [5, 5.41) is 18.8. The molecule has 38 heavy (non-hydrogen) atoms. The maximum absolute atomic E-state index is 14.5. The quantitative estimate of drug-likeness (QED) is 0.342. The van der Waals surface area contributed by atoms with E-state index in [1.807, 2.05) is 0 Å². The Hall–Kier alpha value is -3.73. The summed E-state index contributed by atoms with van der Waals surface area (Å²) in [6.45, 7) is 5.14. The van der Waals surface area contributed by atoms with Gasteiger partial charge in [-0.2, -0.15) is 5.10 Å². The minimum atomic E-state index is -3.07. The zero-order valence-electron chi connectivity index (χ0n) is 20.7. The van der Waals surface area contributed by atoms with E-state index in [9.17, 15) is 22.7 Å². The second kappa shape index (κ2) is 8.13. The molecular formula is C27H23F4N5O2. The van der Waals surface area contributed by atoms with Crippen molar-refractivity contribution in [1.29, 1.82) is 0 Å². The molecule has 4 aromatic rings. The molecule has 11 heteroatoms. The minimum absolute atomic E-state index is 0.0292. The Labute approximate surface area is 215 Å². The number of aromatic nitrogens is 5. The summed E-state index contributed by atoms with van der Waals surface area (Å²) in [6.07, 6.45) is 2.41. The van der Waals surface area contributed by atoms with Crippen LogP contribution in [-0.4, -0.2) is 36.7 Å². The molecule has 3 aromatic heterocycles. The Morgan fingerprint density at radius 2 is 1.82 bits per heavy atom. The number of alkyl halides is 2. The first-order valence-electron chi connectivity index (χ1n) is 12.1. The van der Waals surface area contributed by atoms with E-state index in [2.05, 4.69) is 34.0 Å². The fourth-order valence-corrected chi connectivity index (χ4v) is 6.17. The van der Waals surface area contributed by atoms with Crippen molar-refractivity contribution in [2.24, 2.45) is 5.41 Å². The van der Waals surface area contributed by atoms with Gasteiger partial charge in [-0.15, -0.1) is 5.10 Å². The number of aliphatic hydroxyl groups is 1. The third-order valence-corrected chi connectivity index (χ3v) is 8.34. The van der Waals surface area contributed by atoms with Crippen molar-refractivity contribution in [3.05, 3.63) is 77.2 Å². The first-order chi connectivity index (χ1) is 18.0. The lowest BCUT2D eigenvalue weighted by atomic mass is 9.66. The Morgan fingerprint density at radius 1 is 1.08 bits per heavy atom. The van der Waals surface area contributed by atoms with Crippen molar-refractivity contribution in [3.8, 4) is 22.8 Å². The second-order valence-corrected chi connectivity index (χ2v) is 10.6. The fraction of sp³-hybridized carbons (Fsp3) is 0.370. The summed E-state index contributed by atoms with van der Waals surface area (Å²) >= 11 is 0. The Kier molecular flexibility index (Phi) is 5.26. The number of halogens is 4. The molecule has 3 heterocycles. The van der Waals surface area contributed by atoms with Gasteiger partial charge in [0.05, 0.1) is 34.3 Å². The third kappa shape index (κ3) is 3.20. The van der Waals surface area contributed by atoms with E-state index in [1.54, 1.807) is 12.3 Å². The Balaban J connectivity index is 1.46. The lowest BCUT2D eigenvalue weighted by molar-refractivity contribution is -0.0910. The molecule has 196 valence electrons. The van der Waals surface area contributed by atoms with Crippen molar-refractivity contribution < 1.29 is 27.1 Å². The van der Waals surface area contributed by atoms with Crippen LogP contribution >= 0.6 is 0 Å². The van der Waals surface area contributed by atoms with E-state index in [4.69, 9.17) is 9.40 Å². The topological polar surface area (TPSA) is 97.8 Å². The number of rotatable bonds is 5. The maximum Gasteiger partial charge on any atom is 0.272 e. The van der Waals surface area contributed by atoms with E-state index in [-0.39, 0.29) is 34.5 Å². The molecule has 0 saturated heterocycles. The van der Waals surface area contributed by atoms with Gasteiger partial charge in [0.15, 0.2) is 5.60 Å². The van der Waals surface area contributed by atoms with Crippen LogP contribution in [0.4, 0.5) is 17.6 Å². The summed E-state index contributed by atoms with van der Waals surface area (Å²) in [4.78, 5) is 13.1. The first-order valence-corrected chi connectivity index (χ1v) is 12.1. The van der Waals surface area contributed by atoms with Gasteiger partial charge in [-0.05, 0) is 54.9 Å². The second-order valence-electron chi connectivity index (χ2n) is 10.6. The summed E-state index contributed by atoms with van der Waals surface area (Å²) in [5.74, 6) is -1.47. The lowest BCUT2D eigenvalue weighted by Gasteiger charge is -2.37. The Morgan fingerprint density at radius 3 is 2.53 bits per heavy atom. The van der Waals surface area contributed by atoms with Gasteiger partial charge in [-0.25, -0.2) is 27.5 Å². The highest BCUT2D eigenvalue weighted by Crippen LogP contribution is 2.69. The van der Waals surface area contributed by atoms with Gasteiger partial charge < -0.3 is 9.52 Å². The van der Waals surface area contributed by atoms with E-state index in [1.165, 1.54) is 24.4 Å². The summed E-state index contributed by atoms with van der Waals surface area (Å²) < 4.78 is 60.9. The number of hydrogen-bond acceptors (Lipinski definition) is 7. The van der Waals surface area contributed by atoms with E-state index in [0.29, 0.717) is 17.8 Å². The van der Waals surface area contributed by atoms with Crippen LogP contribution in [0.2, 0.25) is 0 Å². The molecule has 7 nitrogen and oxygen atoms in total. The van der Waals surface area contributed by atoms with E-state index in [0.717, 1.165) is 25.2 Å². The molecular weight excluding hydrogens is 502 g/mol. The van der Waals surface area contributed by atoms with Crippen molar-refractivity contribution in [2.75, 3.05) is 0 Å². The average Bonchev–Trinajstić information content (AvgIpc) is 3.53. The number of nitrogens with zero attached hydrogens (tertiary/aromatic N) is 5. The highest BCUT2D eigenvalue weighted by atomic mass is 19.3. The molecule has 0 unspecified atom stereocenters.